The number of hydrogen-bond acceptors (Lipinski definition) is 6. The summed E-state index contributed by atoms with van der Waals surface area (Å²) in [6, 6.07) is 6.43. The summed E-state index contributed by atoms with van der Waals surface area (Å²) in [6.07, 6.45) is 0.780. The third-order valence-electron chi connectivity index (χ3n) is 5.43. The number of carboxylic acid groups (broad SMARTS) is 1. The molecule has 11 heteroatoms. The number of anilines is 1. The fourth-order valence-corrected chi connectivity index (χ4v) is 4.19. The van der Waals surface area contributed by atoms with Gasteiger partial charge in [-0.15, -0.1) is 11.3 Å². The maximum Gasteiger partial charge on any atom is 0.331 e. The first kappa shape index (κ1) is 28.0. The van der Waals surface area contributed by atoms with Crippen molar-refractivity contribution in [3.05, 3.63) is 75.4 Å². The molecule has 3 rings (SSSR count). The molecular formula is C26H25F3N2O5S. The van der Waals surface area contributed by atoms with Crippen molar-refractivity contribution < 1.29 is 37.3 Å². The molecule has 196 valence electrons. The Labute approximate surface area is 215 Å². The van der Waals surface area contributed by atoms with Crippen molar-refractivity contribution in [3.8, 4) is 11.3 Å². The molecule has 2 aromatic carbocycles. The van der Waals surface area contributed by atoms with E-state index < -0.39 is 41.0 Å². The van der Waals surface area contributed by atoms with E-state index in [1.54, 1.807) is 23.6 Å². The molecule has 37 heavy (non-hydrogen) atoms. The minimum atomic E-state index is -1.33. The number of ether oxygens (including phenoxy) is 2. The lowest BCUT2D eigenvalue weighted by atomic mass is 10.0. The number of nitrogens with zero attached hydrogens (tertiary/aromatic N) is 1. The van der Waals surface area contributed by atoms with Crippen LogP contribution in [0.25, 0.3) is 17.3 Å². The van der Waals surface area contributed by atoms with Gasteiger partial charge in [-0.25, -0.2) is 22.9 Å². The van der Waals surface area contributed by atoms with Crippen molar-refractivity contribution in [2.45, 2.75) is 26.4 Å². The summed E-state index contributed by atoms with van der Waals surface area (Å²) < 4.78 is 54.9. The Morgan fingerprint density at radius 1 is 1.22 bits per heavy atom. The molecule has 2 N–H and O–H groups in total. The molecule has 0 aliphatic carbocycles. The predicted molar refractivity (Wildman–Crippen MR) is 134 cm³/mol. The first-order chi connectivity index (χ1) is 17.7. The number of carbonyl (C=O) groups is 2. The number of aromatic nitrogens is 1. The first-order valence-electron chi connectivity index (χ1n) is 11.2. The van der Waals surface area contributed by atoms with Crippen LogP contribution in [0.1, 0.15) is 47.9 Å². The highest BCUT2D eigenvalue weighted by atomic mass is 32.1. The van der Waals surface area contributed by atoms with Crippen LogP contribution in [0.2, 0.25) is 0 Å². The highest BCUT2D eigenvalue weighted by Gasteiger charge is 2.21. The van der Waals surface area contributed by atoms with Crippen LogP contribution >= 0.6 is 11.3 Å². The van der Waals surface area contributed by atoms with Gasteiger partial charge in [0.1, 0.15) is 17.5 Å². The first-order valence-corrected chi connectivity index (χ1v) is 12.1. The number of nitrogens with one attached hydrogen (secondary N) is 1. The molecule has 0 fully saturated rings. The van der Waals surface area contributed by atoms with E-state index in [2.05, 4.69) is 10.3 Å². The van der Waals surface area contributed by atoms with Gasteiger partial charge in [-0.1, -0.05) is 12.1 Å². The molecule has 0 radical (unpaired) electrons. The quantitative estimate of drug-likeness (QED) is 0.229. The van der Waals surface area contributed by atoms with Gasteiger partial charge in [0.2, 0.25) is 0 Å². The Kier molecular flexibility index (Phi) is 9.56. The van der Waals surface area contributed by atoms with Gasteiger partial charge < -0.3 is 14.6 Å². The summed E-state index contributed by atoms with van der Waals surface area (Å²) >= 11 is 1.01. The molecule has 3 aromatic rings. The monoisotopic (exact) mass is 534 g/mol. The normalized spacial score (nSPS) is 12.4. The third kappa shape index (κ3) is 6.82. The molecule has 1 unspecified atom stereocenters. The van der Waals surface area contributed by atoms with Crippen molar-refractivity contribution in [3.63, 3.8) is 0 Å². The second kappa shape index (κ2) is 12.6. The van der Waals surface area contributed by atoms with Crippen LogP contribution in [-0.2, 0) is 14.3 Å². The molecule has 0 aliphatic heterocycles. The van der Waals surface area contributed by atoms with Crippen molar-refractivity contribution in [1.29, 1.82) is 0 Å². The molecule has 0 aliphatic rings. The second-order valence-electron chi connectivity index (χ2n) is 7.90. The van der Waals surface area contributed by atoms with Gasteiger partial charge in [-0.2, -0.15) is 0 Å². The van der Waals surface area contributed by atoms with Gasteiger partial charge in [-0.05, 0) is 38.1 Å². The maximum absolute atomic E-state index is 15.3. The molecule has 0 bridgehead atoms. The lowest BCUT2D eigenvalue weighted by Gasteiger charge is -2.17. The van der Waals surface area contributed by atoms with Crippen LogP contribution in [0.5, 0.6) is 0 Å². The van der Waals surface area contributed by atoms with E-state index in [0.717, 1.165) is 29.5 Å². The molecule has 7 nitrogen and oxygen atoms in total. The van der Waals surface area contributed by atoms with E-state index in [-0.39, 0.29) is 27.5 Å². The number of carbonyl (C=O) groups excluding carboxylic acids is 1. The number of aliphatic carboxylic acids is 1. The third-order valence-corrected chi connectivity index (χ3v) is 6.19. The van der Waals surface area contributed by atoms with E-state index in [0.29, 0.717) is 25.2 Å². The minimum absolute atomic E-state index is 0.0935. The van der Waals surface area contributed by atoms with Crippen LogP contribution in [0.15, 0.2) is 41.3 Å². The number of carboxylic acids is 1. The molecule has 0 saturated carbocycles. The van der Waals surface area contributed by atoms with Gasteiger partial charge >= 0.3 is 5.97 Å². The van der Waals surface area contributed by atoms with E-state index in [4.69, 9.17) is 14.6 Å². The lowest BCUT2D eigenvalue weighted by Crippen LogP contribution is -2.13. The highest BCUT2D eigenvalue weighted by Crippen LogP contribution is 2.32. The Morgan fingerprint density at radius 2 is 1.92 bits per heavy atom. The van der Waals surface area contributed by atoms with Crippen molar-refractivity contribution in [2.24, 2.45) is 0 Å². The van der Waals surface area contributed by atoms with E-state index >= 15 is 4.39 Å². The number of amides is 1. The Morgan fingerprint density at radius 3 is 2.54 bits per heavy atom. The van der Waals surface area contributed by atoms with Crippen LogP contribution in [0, 0.1) is 17.5 Å². The predicted octanol–water partition coefficient (Wildman–Crippen LogP) is 6.08. The summed E-state index contributed by atoms with van der Waals surface area (Å²) in [5, 5.41) is 13.0. The zero-order valence-electron chi connectivity index (χ0n) is 20.3. The number of hydrogen-bond donors (Lipinski definition) is 2. The van der Waals surface area contributed by atoms with Crippen molar-refractivity contribution in [1.82, 2.24) is 4.98 Å². The van der Waals surface area contributed by atoms with Gasteiger partial charge in [0.15, 0.2) is 5.13 Å². The lowest BCUT2D eigenvalue weighted by molar-refractivity contribution is -0.132. The van der Waals surface area contributed by atoms with Gasteiger partial charge in [0.25, 0.3) is 5.91 Å². The minimum Gasteiger partial charge on any atom is -0.478 e. The van der Waals surface area contributed by atoms with E-state index in [1.165, 1.54) is 14.0 Å². The Balaban J connectivity index is 1.80. The molecule has 1 heterocycles. The standard InChI is InChI=1S/C26H25F3N2O5S/c1-4-36-9-8-22(35-3)17-7-5-6-16(23(17)29)21-13-37-26(30-21)31-24(32)15-11-19(27)18(20(28)12-15)10-14(2)25(33)34/h5-7,10-13,22H,4,8-9H2,1-3H3,(H,33,34)(H,30,31,32)/b14-10+. The number of halogens is 3. The number of thiazole rings is 1. The molecule has 1 atom stereocenters. The molecular weight excluding hydrogens is 509 g/mol. The van der Waals surface area contributed by atoms with Crippen LogP contribution in [0.4, 0.5) is 18.3 Å². The molecule has 0 spiro atoms. The fourth-order valence-electron chi connectivity index (χ4n) is 3.49. The molecule has 1 amide bonds. The SMILES string of the molecule is CCOCCC(OC)c1cccc(-c2csc(NC(=O)c3cc(F)c(/C=C(\C)C(=O)O)c(F)c3)n2)c1F. The maximum atomic E-state index is 15.3. The van der Waals surface area contributed by atoms with Crippen molar-refractivity contribution >= 4 is 34.4 Å². The zero-order valence-corrected chi connectivity index (χ0v) is 21.1. The highest BCUT2D eigenvalue weighted by molar-refractivity contribution is 7.14. The van der Waals surface area contributed by atoms with Gasteiger partial charge in [-0.3, -0.25) is 10.1 Å². The van der Waals surface area contributed by atoms with Crippen LogP contribution in [0.3, 0.4) is 0 Å². The average molecular weight is 535 g/mol. The summed E-state index contributed by atoms with van der Waals surface area (Å²) in [5.74, 6) is -4.87. The Bertz CT molecular complexity index is 1300. The summed E-state index contributed by atoms with van der Waals surface area (Å²) in [7, 11) is 1.49. The van der Waals surface area contributed by atoms with E-state index in [9.17, 15) is 18.4 Å². The molecule has 1 aromatic heterocycles. The molecule has 0 saturated heterocycles. The number of methoxy groups -OCH3 is 1. The second-order valence-corrected chi connectivity index (χ2v) is 8.75. The topological polar surface area (TPSA) is 97.8 Å². The number of benzene rings is 2. The smallest absolute Gasteiger partial charge is 0.331 e. The van der Waals surface area contributed by atoms with Gasteiger partial charge in [0.05, 0.1) is 11.8 Å². The van der Waals surface area contributed by atoms with Gasteiger partial charge in [0, 0.05) is 60.0 Å². The van der Waals surface area contributed by atoms with E-state index in [1.807, 2.05) is 6.92 Å². The van der Waals surface area contributed by atoms with Crippen molar-refractivity contribution in [2.75, 3.05) is 25.6 Å². The fraction of sp³-hybridized carbons (Fsp3) is 0.269. The zero-order chi connectivity index (χ0) is 27.1. The largest absolute Gasteiger partial charge is 0.478 e. The summed E-state index contributed by atoms with van der Waals surface area (Å²) in [5.41, 5.74) is -0.360. The Hall–Kier alpha value is -3.54. The van der Waals surface area contributed by atoms with Crippen LogP contribution in [-0.4, -0.2) is 42.3 Å². The number of rotatable bonds is 11. The van der Waals surface area contributed by atoms with Crippen LogP contribution < -0.4 is 5.32 Å². The average Bonchev–Trinajstić information content (AvgIpc) is 3.32. The summed E-state index contributed by atoms with van der Waals surface area (Å²) in [4.78, 5) is 27.8. The summed E-state index contributed by atoms with van der Waals surface area (Å²) in [6.45, 7) is 4.00.